The lowest BCUT2D eigenvalue weighted by molar-refractivity contribution is -0.0399. The summed E-state index contributed by atoms with van der Waals surface area (Å²) in [6.45, 7) is 0. The molecule has 12 bridgehead atoms. The highest BCUT2D eigenvalue weighted by Gasteiger charge is 2.65. The monoisotopic (exact) mass is 1850 g/mol. The predicted octanol–water partition coefficient (Wildman–Crippen LogP) is 36.3. The topological polar surface area (TPSA) is 38.7 Å². The zero-order valence-corrected chi connectivity index (χ0v) is 81.2. The molecule has 12 fully saturated rings. The van der Waals surface area contributed by atoms with Crippen molar-refractivity contribution in [2.75, 3.05) is 0 Å². The van der Waals surface area contributed by atoms with Crippen LogP contribution in [0.3, 0.4) is 0 Å². The molecule has 0 aliphatic heterocycles. The third-order valence-electron chi connectivity index (χ3n) is 38.8. The van der Waals surface area contributed by atoms with Crippen LogP contribution < -0.4 is 0 Å². The van der Waals surface area contributed by atoms with Gasteiger partial charge in [0.2, 0.25) is 0 Å². The fraction of sp³-hybridized carbons (Fsp3) is 0.213. The maximum Gasteiger partial charge on any atom is 0.0701 e. The van der Waals surface area contributed by atoms with E-state index in [4.69, 9.17) is 0 Å². The number of pyridine rings is 3. The van der Waals surface area contributed by atoms with Gasteiger partial charge in [-0.1, -0.05) is 340 Å². The molecular formula is C141H111N3. The van der Waals surface area contributed by atoms with Crippen molar-refractivity contribution in [3.63, 3.8) is 0 Å². The lowest BCUT2D eigenvalue weighted by Crippen LogP contribution is -2.55. The van der Waals surface area contributed by atoms with Crippen LogP contribution in [0.15, 0.2) is 419 Å². The van der Waals surface area contributed by atoms with E-state index in [9.17, 15) is 0 Å². The van der Waals surface area contributed by atoms with Crippen LogP contribution in [0, 0.1) is 71.0 Å². The third-order valence-corrected chi connectivity index (χ3v) is 38.8. The normalized spacial score (nSPS) is 24.8. The largest absolute Gasteiger partial charge is 0.265 e. The van der Waals surface area contributed by atoms with Crippen LogP contribution in [-0.2, 0) is 16.2 Å². The molecule has 3 aromatic heterocycles. The minimum Gasteiger partial charge on any atom is -0.265 e. The van der Waals surface area contributed by atoms with Gasteiger partial charge in [0.1, 0.15) is 0 Å². The van der Waals surface area contributed by atoms with Gasteiger partial charge < -0.3 is 0 Å². The van der Waals surface area contributed by atoms with Crippen LogP contribution in [0.4, 0.5) is 0 Å². The van der Waals surface area contributed by atoms with E-state index in [-0.39, 0.29) is 16.2 Å². The van der Waals surface area contributed by atoms with E-state index >= 15 is 0 Å². The molecule has 0 amide bonds. The van der Waals surface area contributed by atoms with Crippen LogP contribution in [0.1, 0.15) is 130 Å². The van der Waals surface area contributed by atoms with E-state index in [1.807, 2.05) is 43.1 Å². The summed E-state index contributed by atoms with van der Waals surface area (Å²) in [4.78, 5) is 13.1. The molecule has 18 aromatic carbocycles. The van der Waals surface area contributed by atoms with Gasteiger partial charge in [0.05, 0.1) is 5.69 Å². The average Bonchev–Trinajstić information content (AvgIpc) is 1.50. The molecule has 15 aliphatic carbocycles. The molecule has 15 aliphatic rings. The van der Waals surface area contributed by atoms with Crippen molar-refractivity contribution in [1.82, 2.24) is 15.0 Å². The van der Waals surface area contributed by atoms with Crippen LogP contribution >= 0.6 is 0 Å². The Morgan fingerprint density at radius 2 is 0.403 bits per heavy atom. The summed E-state index contributed by atoms with van der Waals surface area (Å²) in [5.41, 5.74) is 41.9. The Hall–Kier alpha value is -15.0. The summed E-state index contributed by atoms with van der Waals surface area (Å²) in [6, 6.07) is 147. The Labute approximate surface area is 843 Å². The Bertz CT molecular complexity index is 7760. The van der Waals surface area contributed by atoms with Gasteiger partial charge in [-0.05, 0) is 436 Å². The maximum atomic E-state index is 4.59. The molecule has 3 heteroatoms. The van der Waals surface area contributed by atoms with E-state index in [1.54, 1.807) is 33.4 Å². The lowest BCUT2D eigenvalue weighted by atomic mass is 9.43. The van der Waals surface area contributed by atoms with Gasteiger partial charge in [0.15, 0.2) is 0 Å². The zero-order chi connectivity index (χ0) is 94.2. The molecule has 0 unspecified atom stereocenters. The van der Waals surface area contributed by atoms with Gasteiger partial charge in [-0.15, -0.1) is 0 Å². The van der Waals surface area contributed by atoms with Crippen molar-refractivity contribution in [2.24, 2.45) is 71.0 Å². The number of nitrogens with zero attached hydrogens (tertiary/aromatic N) is 3. The second-order valence-electron chi connectivity index (χ2n) is 45.4. The molecule has 36 rings (SSSR count). The molecule has 0 radical (unpaired) electrons. The van der Waals surface area contributed by atoms with Gasteiger partial charge in [-0.3, -0.25) is 15.0 Å². The van der Waals surface area contributed by atoms with Crippen molar-refractivity contribution in [1.29, 1.82) is 0 Å². The van der Waals surface area contributed by atoms with Crippen LogP contribution in [0.5, 0.6) is 0 Å². The maximum absolute atomic E-state index is 4.59. The van der Waals surface area contributed by atoms with Gasteiger partial charge in [0, 0.05) is 52.8 Å². The number of hydrogen-bond donors (Lipinski definition) is 0. The highest BCUT2D eigenvalue weighted by molar-refractivity contribution is 6.25. The number of fused-ring (bicyclic) bond motifs is 15. The Kier molecular flexibility index (Phi) is 18.9. The van der Waals surface area contributed by atoms with E-state index in [0.29, 0.717) is 0 Å². The highest BCUT2D eigenvalue weighted by atomic mass is 14.7. The summed E-state index contributed by atoms with van der Waals surface area (Å²) < 4.78 is 0. The lowest BCUT2D eigenvalue weighted by Gasteiger charge is -2.61. The summed E-state index contributed by atoms with van der Waals surface area (Å²) >= 11 is 0. The first kappa shape index (κ1) is 83.6. The van der Waals surface area contributed by atoms with E-state index in [2.05, 4.69) is 391 Å². The average molecular weight is 1850 g/mol. The summed E-state index contributed by atoms with van der Waals surface area (Å²) in [6.07, 6.45) is 30.7. The second-order valence-corrected chi connectivity index (χ2v) is 45.4. The Morgan fingerprint density at radius 1 is 0.160 bits per heavy atom. The van der Waals surface area contributed by atoms with Gasteiger partial charge >= 0.3 is 0 Å². The summed E-state index contributed by atoms with van der Waals surface area (Å²) in [7, 11) is 0. The van der Waals surface area contributed by atoms with E-state index < -0.39 is 0 Å². The first-order valence-corrected chi connectivity index (χ1v) is 53.9. The number of hydrogen-bond acceptors (Lipinski definition) is 3. The minimum atomic E-state index is 0.163. The van der Waals surface area contributed by atoms with Crippen LogP contribution in [-0.4, -0.2) is 15.0 Å². The predicted molar refractivity (Wildman–Crippen MR) is 596 cm³/mol. The van der Waals surface area contributed by atoms with Crippen LogP contribution in [0.2, 0.25) is 0 Å². The number of benzene rings is 18. The number of aromatic nitrogens is 3. The molecule has 690 valence electrons. The SMILES string of the molecule is c1ccc(-c2ccc(-c3c4ccccc4c(-c4ccc5c(c4)C4(c6ccccc6-5)C5CC6CC(C5)CC4C6)c4ccccc34)cc2)nc1.c1ccc2c(c1)-c1ccc(-c3c4ccccc4c(-c4ccc(-c5ccncc5)cc4)c4ccccc34)cc1C21C2CC3CC(C2)CC1C3.c1cncc(-c2ccc(-c3c4ccccc4c(-c4ccc5c(c4)C4(c6ccccc6-5)C5CC6CC(C5)CC4C6)c4ccccc34)cc2)c1. The molecule has 3 spiro atoms. The van der Waals surface area contributed by atoms with Crippen molar-refractivity contribution in [3.8, 4) is 134 Å². The van der Waals surface area contributed by atoms with Crippen molar-refractivity contribution >= 4 is 64.6 Å². The quantitative estimate of drug-likeness (QED) is 0.135. The zero-order valence-electron chi connectivity index (χ0n) is 81.2. The second kappa shape index (κ2) is 32.5. The third kappa shape index (κ3) is 12.3. The highest BCUT2D eigenvalue weighted by Crippen LogP contribution is 2.74. The standard InChI is InChI=1S/3C47H37N/c1-3-12-41-39(10-1)45(32-17-15-31(16-18-32)34-8-7-21-48-28-34)40-11-2-4-13-42(40)46(41)33-19-20-38-37-9-5-6-14-43(37)47(44(38)27-33)35-23-29-22-30(25-35)26-36(47)24-29;1-3-12-40-38(10-1)45(32-18-16-31(17-19-32)44-15-7-8-22-48-44)39-11-2-4-13-41(39)46(40)33-20-21-37-36-9-5-6-14-42(36)47(43(37)28-33)34-24-29-23-30(26-34)27-35(47)25-29;1-3-10-41-39(8-1)45(33-15-13-31(14-16-33)32-19-21-48-22-20-32)40-9-2-4-11-42(40)46(41)34-17-18-38-37-7-5-6-12-43(37)47(44(38)28-34)35-24-29-23-30(26-35)27-36(47)25-29/h1-21,27-30,35-36H,22-26H2;1-22,28-30,34-35H,23-27H2;1-22,28-30,35-36H,23-27H2. The Morgan fingerprint density at radius 3 is 0.688 bits per heavy atom. The molecule has 0 saturated heterocycles. The smallest absolute Gasteiger partial charge is 0.0701 e. The van der Waals surface area contributed by atoms with Gasteiger partial charge in [0.25, 0.3) is 0 Å². The van der Waals surface area contributed by atoms with Crippen molar-refractivity contribution in [3.05, 3.63) is 453 Å². The molecule has 0 atom stereocenters. The molecular weight excluding hydrogens is 1740 g/mol. The van der Waals surface area contributed by atoms with Crippen LogP contribution in [0.25, 0.3) is 198 Å². The molecule has 3 heterocycles. The van der Waals surface area contributed by atoms with Gasteiger partial charge in [-0.25, -0.2) is 0 Å². The first-order chi connectivity index (χ1) is 71.3. The van der Waals surface area contributed by atoms with Gasteiger partial charge in [-0.2, -0.15) is 0 Å². The molecule has 21 aromatic rings. The summed E-state index contributed by atoms with van der Waals surface area (Å²) in [5, 5.41) is 15.9. The first-order valence-electron chi connectivity index (χ1n) is 53.9. The Balaban J connectivity index is 0.0000000986. The summed E-state index contributed by atoms with van der Waals surface area (Å²) in [5.74, 6) is 10.2. The molecule has 0 N–H and O–H groups in total. The fourth-order valence-electron chi connectivity index (χ4n) is 34.3. The minimum absolute atomic E-state index is 0.163. The molecule has 12 saturated carbocycles. The molecule has 3 nitrogen and oxygen atoms in total. The van der Waals surface area contributed by atoms with Crippen molar-refractivity contribution in [2.45, 2.75) is 113 Å². The number of rotatable bonds is 9. The van der Waals surface area contributed by atoms with E-state index in [1.165, 1.54) is 278 Å². The van der Waals surface area contributed by atoms with E-state index in [0.717, 1.165) is 87.8 Å². The molecule has 144 heavy (non-hydrogen) atoms. The fourth-order valence-corrected chi connectivity index (χ4v) is 34.3. The van der Waals surface area contributed by atoms with Crippen molar-refractivity contribution < 1.29 is 0 Å².